The fourth-order valence-corrected chi connectivity index (χ4v) is 3.63. The van der Waals surface area contributed by atoms with Crippen LogP contribution in [0.3, 0.4) is 0 Å². The fourth-order valence-electron chi connectivity index (χ4n) is 2.56. The van der Waals surface area contributed by atoms with E-state index in [1.165, 1.54) is 11.3 Å². The lowest BCUT2D eigenvalue weighted by molar-refractivity contribution is 0.960. The molecule has 0 aliphatic rings. The predicted molar refractivity (Wildman–Crippen MR) is 88.8 cm³/mol. The summed E-state index contributed by atoms with van der Waals surface area (Å²) in [5.41, 5.74) is 9.54. The first-order valence-electron chi connectivity index (χ1n) is 6.41. The van der Waals surface area contributed by atoms with Gasteiger partial charge < -0.3 is 10.3 Å². The van der Waals surface area contributed by atoms with Gasteiger partial charge in [-0.15, -0.1) is 0 Å². The van der Waals surface area contributed by atoms with Crippen LogP contribution in [-0.2, 0) is 7.05 Å². The zero-order valence-electron chi connectivity index (χ0n) is 11.2. The average Bonchev–Trinajstić information content (AvgIpc) is 2.98. The number of hydrogen-bond acceptors (Lipinski definition) is 4. The van der Waals surface area contributed by atoms with E-state index < -0.39 is 0 Å². The minimum absolute atomic E-state index is 0.579. The molecule has 21 heavy (non-hydrogen) atoms. The summed E-state index contributed by atoms with van der Waals surface area (Å²) >= 11 is 7.76. The quantitative estimate of drug-likeness (QED) is 0.576. The Bertz CT molecular complexity index is 986. The van der Waals surface area contributed by atoms with Crippen molar-refractivity contribution in [2.24, 2.45) is 7.05 Å². The number of nitrogens with zero attached hydrogens (tertiary/aromatic N) is 3. The maximum atomic E-state index is 6.28. The molecular weight excluding hydrogens is 304 g/mol. The standard InChI is InChI=1S/C15H11ClN4S/c1-20-13-9(16)3-2-4-11(13)18-14(20)8-5-6-10-12(7-8)21-15(17)19-10/h2-7H,1H3,(H2,17,19). The molecule has 104 valence electrons. The van der Waals surface area contributed by atoms with Gasteiger partial charge in [-0.3, -0.25) is 0 Å². The van der Waals surface area contributed by atoms with Crippen LogP contribution in [0, 0.1) is 0 Å². The number of anilines is 1. The molecule has 0 spiro atoms. The first-order valence-corrected chi connectivity index (χ1v) is 7.60. The summed E-state index contributed by atoms with van der Waals surface area (Å²) < 4.78 is 3.08. The lowest BCUT2D eigenvalue weighted by atomic mass is 10.2. The Morgan fingerprint density at radius 2 is 2.00 bits per heavy atom. The number of para-hydroxylation sites is 1. The van der Waals surface area contributed by atoms with E-state index in [9.17, 15) is 0 Å². The second-order valence-corrected chi connectivity index (χ2v) is 6.31. The molecule has 2 aromatic carbocycles. The summed E-state index contributed by atoms with van der Waals surface area (Å²) in [4.78, 5) is 8.96. The van der Waals surface area contributed by atoms with Crippen LogP contribution in [0.25, 0.3) is 32.6 Å². The zero-order chi connectivity index (χ0) is 14.6. The second kappa shape index (κ2) is 4.44. The van der Waals surface area contributed by atoms with E-state index in [4.69, 9.17) is 17.3 Å². The van der Waals surface area contributed by atoms with Crippen LogP contribution in [0.5, 0.6) is 0 Å². The Balaban J connectivity index is 1.99. The lowest BCUT2D eigenvalue weighted by Crippen LogP contribution is -1.92. The topological polar surface area (TPSA) is 56.7 Å². The normalized spacial score (nSPS) is 11.5. The van der Waals surface area contributed by atoms with E-state index in [2.05, 4.69) is 16.0 Å². The molecule has 2 heterocycles. The smallest absolute Gasteiger partial charge is 0.181 e. The molecule has 6 heteroatoms. The van der Waals surface area contributed by atoms with Gasteiger partial charge in [-0.05, 0) is 30.3 Å². The Kier molecular flexibility index (Phi) is 2.67. The molecule has 0 aliphatic carbocycles. The summed E-state index contributed by atoms with van der Waals surface area (Å²) in [6, 6.07) is 11.8. The van der Waals surface area contributed by atoms with E-state index in [1.54, 1.807) is 0 Å². The van der Waals surface area contributed by atoms with Crippen molar-refractivity contribution in [1.82, 2.24) is 14.5 Å². The Morgan fingerprint density at radius 3 is 2.81 bits per heavy atom. The van der Waals surface area contributed by atoms with Gasteiger partial charge >= 0.3 is 0 Å². The van der Waals surface area contributed by atoms with E-state index in [0.29, 0.717) is 10.2 Å². The molecule has 0 radical (unpaired) electrons. The zero-order valence-corrected chi connectivity index (χ0v) is 12.7. The second-order valence-electron chi connectivity index (χ2n) is 4.84. The molecule has 0 amide bonds. The summed E-state index contributed by atoms with van der Waals surface area (Å²) in [6.07, 6.45) is 0. The van der Waals surface area contributed by atoms with Crippen molar-refractivity contribution in [3.8, 4) is 11.4 Å². The third kappa shape index (κ3) is 1.89. The van der Waals surface area contributed by atoms with Crippen molar-refractivity contribution < 1.29 is 0 Å². The largest absolute Gasteiger partial charge is 0.375 e. The summed E-state index contributed by atoms with van der Waals surface area (Å²) in [5.74, 6) is 0.881. The number of benzene rings is 2. The molecule has 0 aliphatic heterocycles. The van der Waals surface area contributed by atoms with Crippen LogP contribution in [0.2, 0.25) is 5.02 Å². The number of nitrogen functional groups attached to an aromatic ring is 1. The summed E-state index contributed by atoms with van der Waals surface area (Å²) in [6.45, 7) is 0. The molecule has 0 unspecified atom stereocenters. The molecular formula is C15H11ClN4S. The maximum absolute atomic E-state index is 6.28. The molecule has 0 atom stereocenters. The van der Waals surface area contributed by atoms with Crippen molar-refractivity contribution in [2.75, 3.05) is 5.73 Å². The van der Waals surface area contributed by atoms with Gasteiger partial charge in [0, 0.05) is 12.6 Å². The molecule has 0 bridgehead atoms. The van der Waals surface area contributed by atoms with E-state index >= 15 is 0 Å². The van der Waals surface area contributed by atoms with Gasteiger partial charge in [-0.1, -0.05) is 29.0 Å². The number of aryl methyl sites for hydroxylation is 1. The number of hydrogen-bond donors (Lipinski definition) is 1. The van der Waals surface area contributed by atoms with Crippen LogP contribution in [0.15, 0.2) is 36.4 Å². The van der Waals surface area contributed by atoms with Gasteiger partial charge in [-0.2, -0.15) is 0 Å². The van der Waals surface area contributed by atoms with Gasteiger partial charge in [0.2, 0.25) is 0 Å². The monoisotopic (exact) mass is 314 g/mol. The van der Waals surface area contributed by atoms with Crippen LogP contribution >= 0.6 is 22.9 Å². The predicted octanol–water partition coefficient (Wildman–Crippen LogP) is 4.09. The Labute approximate surface area is 129 Å². The molecule has 2 aromatic heterocycles. The molecule has 4 rings (SSSR count). The highest BCUT2D eigenvalue weighted by Gasteiger charge is 2.13. The van der Waals surface area contributed by atoms with E-state index in [0.717, 1.165) is 32.6 Å². The van der Waals surface area contributed by atoms with Crippen LogP contribution in [0.1, 0.15) is 0 Å². The average molecular weight is 315 g/mol. The minimum atomic E-state index is 0.579. The minimum Gasteiger partial charge on any atom is -0.375 e. The van der Waals surface area contributed by atoms with Crippen LogP contribution < -0.4 is 5.73 Å². The molecule has 0 fully saturated rings. The molecule has 4 aromatic rings. The third-order valence-corrected chi connectivity index (χ3v) is 4.66. The third-order valence-electron chi connectivity index (χ3n) is 3.51. The van der Waals surface area contributed by atoms with E-state index in [1.807, 2.05) is 41.9 Å². The number of halogens is 1. The van der Waals surface area contributed by atoms with Crippen molar-refractivity contribution >= 4 is 49.3 Å². The van der Waals surface area contributed by atoms with Gasteiger partial charge in [0.15, 0.2) is 5.13 Å². The van der Waals surface area contributed by atoms with Gasteiger partial charge in [0.25, 0.3) is 0 Å². The first kappa shape index (κ1) is 12.6. The van der Waals surface area contributed by atoms with Crippen molar-refractivity contribution in [2.45, 2.75) is 0 Å². The number of thiazole rings is 1. The van der Waals surface area contributed by atoms with E-state index in [-0.39, 0.29) is 0 Å². The number of nitrogens with two attached hydrogens (primary N) is 1. The molecule has 0 saturated carbocycles. The lowest BCUT2D eigenvalue weighted by Gasteiger charge is -2.03. The van der Waals surface area contributed by atoms with Crippen molar-refractivity contribution in [3.63, 3.8) is 0 Å². The number of fused-ring (bicyclic) bond motifs is 2. The van der Waals surface area contributed by atoms with Gasteiger partial charge in [0.05, 0.1) is 26.3 Å². The van der Waals surface area contributed by atoms with Crippen LogP contribution in [-0.4, -0.2) is 14.5 Å². The molecule has 4 nitrogen and oxygen atoms in total. The molecule has 2 N–H and O–H groups in total. The highest BCUT2D eigenvalue weighted by atomic mass is 35.5. The van der Waals surface area contributed by atoms with Crippen molar-refractivity contribution in [3.05, 3.63) is 41.4 Å². The van der Waals surface area contributed by atoms with Crippen LogP contribution in [0.4, 0.5) is 5.13 Å². The Morgan fingerprint density at radius 1 is 1.14 bits per heavy atom. The highest BCUT2D eigenvalue weighted by Crippen LogP contribution is 2.32. The van der Waals surface area contributed by atoms with Crippen molar-refractivity contribution in [1.29, 1.82) is 0 Å². The fraction of sp³-hybridized carbons (Fsp3) is 0.0667. The van der Waals surface area contributed by atoms with Gasteiger partial charge in [0.1, 0.15) is 5.82 Å². The van der Waals surface area contributed by atoms with Gasteiger partial charge in [-0.25, -0.2) is 9.97 Å². The highest BCUT2D eigenvalue weighted by molar-refractivity contribution is 7.22. The molecule has 0 saturated heterocycles. The summed E-state index contributed by atoms with van der Waals surface area (Å²) in [5, 5.41) is 1.28. The number of aromatic nitrogens is 3. The first-order chi connectivity index (χ1) is 10.1. The Hall–Kier alpha value is -2.11. The number of imidazole rings is 1. The maximum Gasteiger partial charge on any atom is 0.181 e. The SMILES string of the molecule is Cn1c(-c2ccc3nc(N)sc3c2)nc2cccc(Cl)c21. The summed E-state index contributed by atoms with van der Waals surface area (Å²) in [7, 11) is 1.97. The number of rotatable bonds is 1.